The average molecular weight is 338 g/mol. The Kier molecular flexibility index (Phi) is 6.52. The number of ether oxygens (including phenoxy) is 1. The summed E-state index contributed by atoms with van der Waals surface area (Å²) >= 11 is 0. The van der Waals surface area contributed by atoms with E-state index < -0.39 is 0 Å². The molecule has 1 saturated heterocycles. The van der Waals surface area contributed by atoms with Gasteiger partial charge in [0.25, 0.3) is 0 Å². The van der Waals surface area contributed by atoms with E-state index in [0.29, 0.717) is 0 Å². The van der Waals surface area contributed by atoms with Gasteiger partial charge in [0.05, 0.1) is 6.61 Å². The number of rotatable bonds is 7. The van der Waals surface area contributed by atoms with E-state index in [1.54, 1.807) is 0 Å². The second-order valence-electron chi connectivity index (χ2n) is 7.62. The maximum Gasteiger partial charge on any atom is 0.127 e. The number of piperidine rings is 1. The topological polar surface area (TPSA) is 12.5 Å². The van der Waals surface area contributed by atoms with E-state index in [9.17, 15) is 0 Å². The summed E-state index contributed by atoms with van der Waals surface area (Å²) in [5.41, 5.74) is 2.40. The summed E-state index contributed by atoms with van der Waals surface area (Å²) in [5, 5.41) is 0. The summed E-state index contributed by atoms with van der Waals surface area (Å²) < 4.78 is 6.10. The minimum atomic E-state index is 0.794. The molecular formula is C23H31NO. The highest BCUT2D eigenvalue weighted by Crippen LogP contribution is 2.29. The van der Waals surface area contributed by atoms with Crippen LogP contribution in [-0.4, -0.2) is 31.1 Å². The summed E-state index contributed by atoms with van der Waals surface area (Å²) in [4.78, 5) is 2.64. The Morgan fingerprint density at radius 1 is 0.880 bits per heavy atom. The zero-order valence-corrected chi connectivity index (χ0v) is 15.7. The smallest absolute Gasteiger partial charge is 0.127 e. The Morgan fingerprint density at radius 2 is 1.56 bits per heavy atom. The summed E-state index contributed by atoms with van der Waals surface area (Å²) in [6.45, 7) is 9.30. The van der Waals surface area contributed by atoms with Gasteiger partial charge in [-0.3, -0.25) is 0 Å². The van der Waals surface area contributed by atoms with Gasteiger partial charge in [-0.15, -0.1) is 0 Å². The summed E-state index contributed by atoms with van der Waals surface area (Å²) in [6, 6.07) is 18.8. The van der Waals surface area contributed by atoms with Crippen LogP contribution in [-0.2, 0) is 0 Å². The molecule has 2 unspecified atom stereocenters. The SMILES string of the molecule is CC1CC(C)CN(CCCCOc2ccccc2-c2ccccc2)C1. The Labute approximate surface area is 152 Å². The van der Waals surface area contributed by atoms with Crippen molar-refractivity contribution >= 4 is 0 Å². The molecule has 1 heterocycles. The number of nitrogens with zero attached hydrogens (tertiary/aromatic N) is 1. The fraction of sp³-hybridized carbons (Fsp3) is 0.478. The van der Waals surface area contributed by atoms with Crippen LogP contribution in [0, 0.1) is 11.8 Å². The van der Waals surface area contributed by atoms with Crippen LogP contribution in [0.5, 0.6) is 5.75 Å². The van der Waals surface area contributed by atoms with Crippen LogP contribution in [0.4, 0.5) is 0 Å². The first-order valence-corrected chi connectivity index (χ1v) is 9.72. The normalized spacial score (nSPS) is 21.2. The van der Waals surface area contributed by atoms with Crippen molar-refractivity contribution in [1.82, 2.24) is 4.90 Å². The predicted octanol–water partition coefficient (Wildman–Crippen LogP) is 5.49. The Balaban J connectivity index is 1.45. The molecular weight excluding hydrogens is 306 g/mol. The van der Waals surface area contributed by atoms with Crippen molar-refractivity contribution in [2.75, 3.05) is 26.2 Å². The Hall–Kier alpha value is -1.80. The lowest BCUT2D eigenvalue weighted by molar-refractivity contribution is 0.137. The molecule has 1 aliphatic rings. The standard InChI is InChI=1S/C23H31NO/c1-19-16-20(2)18-24(17-19)14-8-9-15-25-23-13-7-6-12-22(23)21-10-4-3-5-11-21/h3-7,10-13,19-20H,8-9,14-18H2,1-2H3. The minimum absolute atomic E-state index is 0.794. The second-order valence-corrected chi connectivity index (χ2v) is 7.62. The number of likely N-dealkylation sites (tertiary alicyclic amines) is 1. The number of unbranched alkanes of at least 4 members (excludes halogenated alkanes) is 1. The quantitative estimate of drug-likeness (QED) is 0.619. The van der Waals surface area contributed by atoms with Crippen LogP contribution in [0.25, 0.3) is 11.1 Å². The molecule has 2 nitrogen and oxygen atoms in total. The molecule has 1 aliphatic heterocycles. The first-order valence-electron chi connectivity index (χ1n) is 9.72. The highest BCUT2D eigenvalue weighted by Gasteiger charge is 2.20. The van der Waals surface area contributed by atoms with Gasteiger partial charge in [-0.05, 0) is 49.3 Å². The maximum absolute atomic E-state index is 6.10. The van der Waals surface area contributed by atoms with Crippen molar-refractivity contribution in [3.8, 4) is 16.9 Å². The van der Waals surface area contributed by atoms with E-state index in [4.69, 9.17) is 4.74 Å². The van der Waals surface area contributed by atoms with Crippen LogP contribution < -0.4 is 4.74 Å². The molecule has 0 amide bonds. The molecule has 1 fully saturated rings. The summed E-state index contributed by atoms with van der Waals surface area (Å²) in [7, 11) is 0. The molecule has 0 saturated carbocycles. The average Bonchev–Trinajstić information content (AvgIpc) is 2.62. The van der Waals surface area contributed by atoms with Gasteiger partial charge < -0.3 is 9.64 Å². The third-order valence-electron chi connectivity index (χ3n) is 5.04. The number of benzene rings is 2. The van der Waals surface area contributed by atoms with Gasteiger partial charge in [-0.1, -0.05) is 62.4 Å². The van der Waals surface area contributed by atoms with E-state index in [1.807, 2.05) is 0 Å². The Bertz CT molecular complexity index is 630. The molecule has 2 heteroatoms. The van der Waals surface area contributed by atoms with Gasteiger partial charge in [-0.2, -0.15) is 0 Å². The number of hydrogen-bond acceptors (Lipinski definition) is 2. The molecule has 2 atom stereocenters. The lowest BCUT2D eigenvalue weighted by atomic mass is 9.92. The van der Waals surface area contributed by atoms with Crippen molar-refractivity contribution in [2.45, 2.75) is 33.1 Å². The van der Waals surface area contributed by atoms with E-state index >= 15 is 0 Å². The van der Waals surface area contributed by atoms with Crippen LogP contribution >= 0.6 is 0 Å². The van der Waals surface area contributed by atoms with Crippen LogP contribution in [0.2, 0.25) is 0 Å². The number of hydrogen-bond donors (Lipinski definition) is 0. The van der Waals surface area contributed by atoms with E-state index in [2.05, 4.69) is 73.3 Å². The molecule has 0 radical (unpaired) electrons. The molecule has 0 aliphatic carbocycles. The van der Waals surface area contributed by atoms with Gasteiger partial charge >= 0.3 is 0 Å². The molecule has 25 heavy (non-hydrogen) atoms. The zero-order valence-electron chi connectivity index (χ0n) is 15.7. The number of para-hydroxylation sites is 1. The fourth-order valence-corrected chi connectivity index (χ4v) is 4.04. The van der Waals surface area contributed by atoms with Crippen molar-refractivity contribution in [3.63, 3.8) is 0 Å². The molecule has 0 N–H and O–H groups in total. The molecule has 0 bridgehead atoms. The van der Waals surface area contributed by atoms with Crippen molar-refractivity contribution in [2.24, 2.45) is 11.8 Å². The predicted molar refractivity (Wildman–Crippen MR) is 106 cm³/mol. The molecule has 0 aromatic heterocycles. The molecule has 3 rings (SSSR count). The van der Waals surface area contributed by atoms with Crippen LogP contribution in [0.3, 0.4) is 0 Å². The van der Waals surface area contributed by atoms with Crippen molar-refractivity contribution < 1.29 is 4.74 Å². The monoisotopic (exact) mass is 337 g/mol. The third-order valence-corrected chi connectivity index (χ3v) is 5.04. The fourth-order valence-electron chi connectivity index (χ4n) is 4.04. The van der Waals surface area contributed by atoms with Crippen LogP contribution in [0.1, 0.15) is 33.1 Å². The van der Waals surface area contributed by atoms with Gasteiger partial charge in [-0.25, -0.2) is 0 Å². The van der Waals surface area contributed by atoms with Gasteiger partial charge in [0.15, 0.2) is 0 Å². The van der Waals surface area contributed by atoms with Gasteiger partial charge in [0, 0.05) is 18.7 Å². The maximum atomic E-state index is 6.10. The summed E-state index contributed by atoms with van der Waals surface area (Å²) in [5.74, 6) is 2.68. The third kappa shape index (κ3) is 5.34. The van der Waals surface area contributed by atoms with Crippen molar-refractivity contribution in [1.29, 1.82) is 0 Å². The first kappa shape index (κ1) is 18.0. The molecule has 2 aromatic carbocycles. The largest absolute Gasteiger partial charge is 0.493 e. The highest BCUT2D eigenvalue weighted by atomic mass is 16.5. The van der Waals surface area contributed by atoms with Gasteiger partial charge in [0.1, 0.15) is 5.75 Å². The van der Waals surface area contributed by atoms with E-state index in [0.717, 1.165) is 30.6 Å². The highest BCUT2D eigenvalue weighted by molar-refractivity contribution is 5.70. The molecule has 0 spiro atoms. The van der Waals surface area contributed by atoms with Crippen molar-refractivity contribution in [3.05, 3.63) is 54.6 Å². The molecule has 134 valence electrons. The molecule has 2 aromatic rings. The summed E-state index contributed by atoms with van der Waals surface area (Å²) in [6.07, 6.45) is 3.71. The minimum Gasteiger partial charge on any atom is -0.493 e. The van der Waals surface area contributed by atoms with E-state index in [-0.39, 0.29) is 0 Å². The van der Waals surface area contributed by atoms with Gasteiger partial charge in [0.2, 0.25) is 0 Å². The lowest BCUT2D eigenvalue weighted by Crippen LogP contribution is -2.39. The zero-order chi connectivity index (χ0) is 17.5. The lowest BCUT2D eigenvalue weighted by Gasteiger charge is -2.34. The van der Waals surface area contributed by atoms with Crippen LogP contribution in [0.15, 0.2) is 54.6 Å². The first-order chi connectivity index (χ1) is 12.2. The van der Waals surface area contributed by atoms with E-state index in [1.165, 1.54) is 43.6 Å². The Morgan fingerprint density at radius 3 is 2.32 bits per heavy atom. The second kappa shape index (κ2) is 9.05.